The molecular weight excluding hydrogens is 519 g/mol. The maximum atomic E-state index is 12.1. The van der Waals surface area contributed by atoms with Gasteiger partial charge in [0.05, 0.1) is 0 Å². The van der Waals surface area contributed by atoms with E-state index < -0.39 is 0 Å². The van der Waals surface area contributed by atoms with Gasteiger partial charge in [0, 0.05) is 20.7 Å². The van der Waals surface area contributed by atoms with Crippen LogP contribution in [-0.4, -0.2) is 37.1 Å². The molecule has 0 saturated heterocycles. The van der Waals surface area contributed by atoms with Gasteiger partial charge in [-0.1, -0.05) is 11.6 Å². The Kier molecular flexibility index (Phi) is 8.62. The van der Waals surface area contributed by atoms with E-state index in [-0.39, 0.29) is 37.1 Å². The molecule has 1 aliphatic rings. The van der Waals surface area contributed by atoms with E-state index in [1.807, 2.05) is 24.3 Å². The minimum atomic E-state index is -0.150. The Hall–Kier alpha value is -2.00. The van der Waals surface area contributed by atoms with E-state index in [0.29, 0.717) is 16.5 Å². The van der Waals surface area contributed by atoms with Gasteiger partial charge in [-0.2, -0.15) is 0 Å². The fourth-order valence-corrected chi connectivity index (χ4v) is 3.77. The van der Waals surface area contributed by atoms with Crippen molar-refractivity contribution in [1.29, 1.82) is 0 Å². The van der Waals surface area contributed by atoms with Crippen LogP contribution in [0.25, 0.3) is 0 Å². The summed E-state index contributed by atoms with van der Waals surface area (Å²) in [5.74, 6) is 1.01. The lowest BCUT2D eigenvalue weighted by Gasteiger charge is -2.29. The van der Waals surface area contributed by atoms with Crippen molar-refractivity contribution in [1.82, 2.24) is 10.6 Å². The highest BCUT2D eigenvalue weighted by molar-refractivity contribution is 14.1. The number of benzene rings is 2. The summed E-state index contributed by atoms with van der Waals surface area (Å²) in [6, 6.07) is 14.7. The van der Waals surface area contributed by atoms with Crippen molar-refractivity contribution in [3.63, 3.8) is 0 Å². The molecule has 2 aromatic carbocycles. The molecule has 0 aliphatic heterocycles. The molecule has 0 atom stereocenters. The predicted octanol–water partition coefficient (Wildman–Crippen LogP) is 3.95. The maximum Gasteiger partial charge on any atom is 0.258 e. The van der Waals surface area contributed by atoms with E-state index in [2.05, 4.69) is 33.2 Å². The van der Waals surface area contributed by atoms with Crippen molar-refractivity contribution >= 4 is 46.0 Å². The van der Waals surface area contributed by atoms with Crippen LogP contribution in [0.1, 0.15) is 25.7 Å². The minimum Gasteiger partial charge on any atom is -0.484 e. The van der Waals surface area contributed by atoms with E-state index in [4.69, 9.17) is 21.1 Å². The second kappa shape index (κ2) is 11.4. The lowest BCUT2D eigenvalue weighted by Crippen LogP contribution is -2.45. The van der Waals surface area contributed by atoms with Crippen molar-refractivity contribution in [2.24, 2.45) is 0 Å². The monoisotopic (exact) mass is 542 g/mol. The molecule has 30 heavy (non-hydrogen) atoms. The second-order valence-corrected chi connectivity index (χ2v) is 8.85. The lowest BCUT2D eigenvalue weighted by atomic mass is 9.91. The Balaban J connectivity index is 1.31. The van der Waals surface area contributed by atoms with Crippen molar-refractivity contribution in [2.75, 3.05) is 13.2 Å². The first-order valence-electron chi connectivity index (χ1n) is 9.83. The molecule has 0 bridgehead atoms. The quantitative estimate of drug-likeness (QED) is 0.496. The van der Waals surface area contributed by atoms with Crippen molar-refractivity contribution in [3.05, 3.63) is 57.1 Å². The van der Waals surface area contributed by atoms with Crippen LogP contribution in [0.15, 0.2) is 48.5 Å². The van der Waals surface area contributed by atoms with Crippen LogP contribution in [0.2, 0.25) is 5.02 Å². The third-order valence-electron chi connectivity index (χ3n) is 4.82. The normalized spacial score (nSPS) is 18.3. The molecule has 1 fully saturated rings. The fraction of sp³-hybridized carbons (Fsp3) is 0.364. The Morgan fingerprint density at radius 3 is 1.63 bits per heavy atom. The summed E-state index contributed by atoms with van der Waals surface area (Å²) in [7, 11) is 0. The van der Waals surface area contributed by atoms with Crippen LogP contribution < -0.4 is 20.1 Å². The first-order chi connectivity index (χ1) is 14.5. The second-order valence-electron chi connectivity index (χ2n) is 7.17. The van der Waals surface area contributed by atoms with E-state index in [0.717, 1.165) is 29.3 Å². The van der Waals surface area contributed by atoms with Crippen LogP contribution in [-0.2, 0) is 9.59 Å². The Morgan fingerprint density at radius 2 is 1.20 bits per heavy atom. The van der Waals surface area contributed by atoms with Gasteiger partial charge < -0.3 is 20.1 Å². The summed E-state index contributed by atoms with van der Waals surface area (Å²) in [4.78, 5) is 24.2. The number of halogens is 2. The van der Waals surface area contributed by atoms with Gasteiger partial charge in [0.1, 0.15) is 11.5 Å². The minimum absolute atomic E-state index is 0.000701. The van der Waals surface area contributed by atoms with E-state index >= 15 is 0 Å². The van der Waals surface area contributed by atoms with Gasteiger partial charge in [-0.05, 0) is 96.8 Å². The molecule has 8 heteroatoms. The number of amides is 2. The van der Waals surface area contributed by atoms with Crippen molar-refractivity contribution < 1.29 is 19.1 Å². The Labute approximate surface area is 194 Å². The smallest absolute Gasteiger partial charge is 0.258 e. The van der Waals surface area contributed by atoms with Gasteiger partial charge >= 0.3 is 0 Å². The third-order valence-corrected chi connectivity index (χ3v) is 5.80. The van der Waals surface area contributed by atoms with E-state index in [1.54, 1.807) is 24.3 Å². The van der Waals surface area contributed by atoms with Crippen LogP contribution in [0.4, 0.5) is 0 Å². The first-order valence-corrected chi connectivity index (χ1v) is 11.3. The van der Waals surface area contributed by atoms with Gasteiger partial charge in [-0.3, -0.25) is 9.59 Å². The predicted molar refractivity (Wildman–Crippen MR) is 124 cm³/mol. The molecule has 3 rings (SSSR count). The molecule has 0 unspecified atom stereocenters. The average Bonchev–Trinajstić information content (AvgIpc) is 2.74. The molecule has 2 N–H and O–H groups in total. The van der Waals surface area contributed by atoms with Gasteiger partial charge in [0.2, 0.25) is 0 Å². The Bertz CT molecular complexity index is 766. The largest absolute Gasteiger partial charge is 0.484 e. The molecule has 6 nitrogen and oxygen atoms in total. The maximum absolute atomic E-state index is 12.1. The lowest BCUT2D eigenvalue weighted by molar-refractivity contribution is -0.125. The van der Waals surface area contributed by atoms with Crippen LogP contribution in [0.3, 0.4) is 0 Å². The van der Waals surface area contributed by atoms with E-state index in [9.17, 15) is 9.59 Å². The number of carbonyl (C=O) groups excluding carboxylic acids is 2. The fourth-order valence-electron chi connectivity index (χ4n) is 3.28. The first kappa shape index (κ1) is 22.7. The molecule has 1 aliphatic carbocycles. The van der Waals surface area contributed by atoms with Crippen LogP contribution in [0, 0.1) is 3.57 Å². The Morgan fingerprint density at radius 1 is 0.800 bits per heavy atom. The zero-order valence-electron chi connectivity index (χ0n) is 16.4. The summed E-state index contributed by atoms with van der Waals surface area (Å²) in [6.45, 7) is -0.0343. The highest BCUT2D eigenvalue weighted by Crippen LogP contribution is 2.19. The summed E-state index contributed by atoms with van der Waals surface area (Å²) < 4.78 is 12.1. The number of rotatable bonds is 8. The summed E-state index contributed by atoms with van der Waals surface area (Å²) in [5, 5.41) is 6.63. The zero-order chi connectivity index (χ0) is 21.3. The molecular formula is C22H24ClIN2O4. The SMILES string of the molecule is O=C(COc1ccc(Cl)cc1)NC1CCC(NC(=O)COc2ccc(I)cc2)CC1. The number of ether oxygens (including phenoxy) is 2. The molecule has 160 valence electrons. The van der Waals surface area contributed by atoms with Crippen molar-refractivity contribution in [3.8, 4) is 11.5 Å². The summed E-state index contributed by atoms with van der Waals surface area (Å²) in [6.07, 6.45) is 3.27. The van der Waals surface area contributed by atoms with Gasteiger partial charge in [0.25, 0.3) is 11.8 Å². The van der Waals surface area contributed by atoms with Gasteiger partial charge in [-0.25, -0.2) is 0 Å². The molecule has 0 radical (unpaired) electrons. The summed E-state index contributed by atoms with van der Waals surface area (Å²) in [5.41, 5.74) is 0. The topological polar surface area (TPSA) is 76.7 Å². The van der Waals surface area contributed by atoms with Crippen molar-refractivity contribution in [2.45, 2.75) is 37.8 Å². The number of nitrogens with one attached hydrogen (secondary N) is 2. The summed E-state index contributed by atoms with van der Waals surface area (Å²) >= 11 is 8.05. The average molecular weight is 543 g/mol. The molecule has 2 aromatic rings. The van der Waals surface area contributed by atoms with Gasteiger partial charge in [0.15, 0.2) is 13.2 Å². The van der Waals surface area contributed by atoms with Gasteiger partial charge in [-0.15, -0.1) is 0 Å². The van der Waals surface area contributed by atoms with Crippen LogP contribution in [0.5, 0.6) is 11.5 Å². The highest BCUT2D eigenvalue weighted by Gasteiger charge is 2.23. The molecule has 1 saturated carbocycles. The molecule has 2 amide bonds. The zero-order valence-corrected chi connectivity index (χ0v) is 19.3. The number of carbonyl (C=O) groups is 2. The third kappa shape index (κ3) is 7.68. The van der Waals surface area contributed by atoms with E-state index in [1.165, 1.54) is 0 Å². The highest BCUT2D eigenvalue weighted by atomic mass is 127. The number of hydrogen-bond acceptors (Lipinski definition) is 4. The molecule has 0 spiro atoms. The van der Waals surface area contributed by atoms with Crippen LogP contribution >= 0.6 is 34.2 Å². The molecule has 0 aromatic heterocycles. The number of hydrogen-bond donors (Lipinski definition) is 2. The molecule has 0 heterocycles. The standard InChI is InChI=1S/C22H24ClIN2O4/c23-15-1-9-19(10-2-15)29-13-21(27)25-17-5-7-18(8-6-17)26-22(28)14-30-20-11-3-16(24)4-12-20/h1-4,9-12,17-18H,5-8,13-14H2,(H,25,27)(H,26,28).